The number of rotatable bonds is 32. The molecule has 1 saturated heterocycles. The van der Waals surface area contributed by atoms with E-state index in [4.69, 9.17) is 9.47 Å². The van der Waals surface area contributed by atoms with Crippen molar-refractivity contribution in [3.63, 3.8) is 0 Å². The molecule has 0 aromatic carbocycles. The molecule has 0 spiro atoms. The van der Waals surface area contributed by atoms with Gasteiger partial charge in [0.15, 0.2) is 6.29 Å². The van der Waals surface area contributed by atoms with E-state index in [1.165, 1.54) is 122 Å². The Hall–Kier alpha value is -0.850. The van der Waals surface area contributed by atoms with Gasteiger partial charge in [0.2, 0.25) is 5.91 Å². The Balaban J connectivity index is 2.06. The third kappa shape index (κ3) is 20.7. The van der Waals surface area contributed by atoms with Crippen LogP contribution in [-0.2, 0) is 14.3 Å². The van der Waals surface area contributed by atoms with Crippen LogP contribution < -0.4 is 5.32 Å². The molecule has 0 aromatic heterocycles. The summed E-state index contributed by atoms with van der Waals surface area (Å²) in [5, 5.41) is 63.0. The fourth-order valence-corrected chi connectivity index (χ4v) is 6.49. The van der Waals surface area contributed by atoms with Gasteiger partial charge in [-0.1, -0.05) is 155 Å². The van der Waals surface area contributed by atoms with E-state index in [9.17, 15) is 35.4 Å². The highest BCUT2D eigenvalue weighted by Gasteiger charge is 2.44. The Kier molecular flexibility index (Phi) is 28.1. The summed E-state index contributed by atoms with van der Waals surface area (Å²) in [5.41, 5.74) is 0. The minimum Gasteiger partial charge on any atom is -0.394 e. The number of ether oxygens (including phenoxy) is 2. The van der Waals surface area contributed by atoms with Crippen LogP contribution in [0.1, 0.15) is 174 Å². The van der Waals surface area contributed by atoms with E-state index in [1.54, 1.807) is 6.92 Å². The van der Waals surface area contributed by atoms with E-state index < -0.39 is 55.6 Å². The molecule has 7 N–H and O–H groups in total. The minimum absolute atomic E-state index is 0.257. The van der Waals surface area contributed by atoms with Crippen LogP contribution in [0.3, 0.4) is 0 Å². The lowest BCUT2D eigenvalue weighted by Gasteiger charge is -2.40. The molecule has 0 unspecified atom stereocenters. The number of carbonyl (C=O) groups excluding carboxylic acids is 1. The standard InChI is InChI=1S/C38H75NO9/c1-3-5-6-7-8-9-10-11-12-13-14-15-16-17-18-19-20-21-22-23-24-25-26-27-33(42)39-30(34(43)31(41)4-2)29-47-38-37(46)36(45)35(44)32(28-40)48-38/h30-32,34-38,40-41,43-46H,3-29H2,1-2H3,(H,39,42)/t30-,31+,32+,34-,35-,36-,37+,38-/m0/s1. The van der Waals surface area contributed by atoms with Gasteiger partial charge >= 0.3 is 0 Å². The summed E-state index contributed by atoms with van der Waals surface area (Å²) >= 11 is 0. The molecule has 8 atom stereocenters. The quantitative estimate of drug-likeness (QED) is 0.0432. The molecule has 1 aliphatic rings. The van der Waals surface area contributed by atoms with Crippen molar-refractivity contribution in [3.8, 4) is 0 Å². The van der Waals surface area contributed by atoms with Gasteiger partial charge in [0.05, 0.1) is 25.4 Å². The summed E-state index contributed by atoms with van der Waals surface area (Å²) in [6.07, 6.45) is 21.0. The average Bonchev–Trinajstić information content (AvgIpc) is 3.09. The van der Waals surface area contributed by atoms with Crippen LogP contribution in [0.5, 0.6) is 0 Å². The Labute approximate surface area is 292 Å². The first kappa shape index (κ1) is 45.2. The van der Waals surface area contributed by atoms with Gasteiger partial charge in [-0.05, 0) is 12.8 Å². The van der Waals surface area contributed by atoms with Gasteiger partial charge in [0.1, 0.15) is 30.5 Å². The van der Waals surface area contributed by atoms with Crippen LogP contribution in [-0.4, -0.2) is 98.7 Å². The molecular formula is C38H75NO9. The fourth-order valence-electron chi connectivity index (χ4n) is 6.49. The van der Waals surface area contributed by atoms with Crippen molar-refractivity contribution in [2.24, 2.45) is 0 Å². The lowest BCUT2D eigenvalue weighted by molar-refractivity contribution is -0.303. The fraction of sp³-hybridized carbons (Fsp3) is 0.974. The second kappa shape index (κ2) is 29.8. The smallest absolute Gasteiger partial charge is 0.220 e. The van der Waals surface area contributed by atoms with Gasteiger partial charge in [-0.3, -0.25) is 4.79 Å². The van der Waals surface area contributed by atoms with Crippen molar-refractivity contribution in [2.45, 2.75) is 223 Å². The summed E-state index contributed by atoms with van der Waals surface area (Å²) in [5.74, 6) is -0.275. The van der Waals surface area contributed by atoms with E-state index in [1.807, 2.05) is 0 Å². The minimum atomic E-state index is -1.60. The molecule has 0 aliphatic carbocycles. The summed E-state index contributed by atoms with van der Waals surface area (Å²) in [6.45, 7) is 3.07. The first-order valence-corrected chi connectivity index (χ1v) is 19.8. The van der Waals surface area contributed by atoms with Gasteiger partial charge in [-0.15, -0.1) is 0 Å². The Morgan fingerprint density at radius 3 is 1.46 bits per heavy atom. The zero-order chi connectivity index (χ0) is 35.4. The van der Waals surface area contributed by atoms with Crippen LogP contribution in [0.15, 0.2) is 0 Å². The highest BCUT2D eigenvalue weighted by Crippen LogP contribution is 2.23. The molecule has 286 valence electrons. The van der Waals surface area contributed by atoms with Crippen LogP contribution in [0, 0.1) is 0 Å². The van der Waals surface area contributed by atoms with Crippen molar-refractivity contribution >= 4 is 5.91 Å². The molecule has 10 nitrogen and oxygen atoms in total. The second-order valence-corrected chi connectivity index (χ2v) is 14.2. The molecule has 10 heteroatoms. The number of carbonyl (C=O) groups is 1. The number of unbranched alkanes of at least 4 members (excludes halogenated alkanes) is 22. The summed E-state index contributed by atoms with van der Waals surface area (Å²) < 4.78 is 10.9. The molecule has 0 radical (unpaired) electrons. The average molecular weight is 690 g/mol. The maximum atomic E-state index is 12.6. The van der Waals surface area contributed by atoms with Gasteiger partial charge in [0, 0.05) is 6.42 Å². The number of nitrogens with one attached hydrogen (secondary N) is 1. The highest BCUT2D eigenvalue weighted by molar-refractivity contribution is 5.76. The van der Waals surface area contributed by atoms with Crippen molar-refractivity contribution in [1.29, 1.82) is 0 Å². The van der Waals surface area contributed by atoms with E-state index in [-0.39, 0.29) is 25.4 Å². The Bertz CT molecular complexity index is 743. The zero-order valence-corrected chi connectivity index (χ0v) is 30.6. The first-order chi connectivity index (χ1) is 23.3. The molecule has 1 fully saturated rings. The zero-order valence-electron chi connectivity index (χ0n) is 30.6. The van der Waals surface area contributed by atoms with Crippen LogP contribution in [0.2, 0.25) is 0 Å². The van der Waals surface area contributed by atoms with Crippen molar-refractivity contribution in [3.05, 3.63) is 0 Å². The van der Waals surface area contributed by atoms with Gasteiger partial charge in [-0.2, -0.15) is 0 Å². The van der Waals surface area contributed by atoms with Crippen molar-refractivity contribution in [2.75, 3.05) is 13.2 Å². The Morgan fingerprint density at radius 1 is 0.646 bits per heavy atom. The number of amides is 1. The normalized spacial score (nSPS) is 23.2. The predicted octanol–water partition coefficient (Wildman–Crippen LogP) is 5.80. The maximum Gasteiger partial charge on any atom is 0.220 e. The van der Waals surface area contributed by atoms with Gasteiger partial charge < -0.3 is 45.4 Å². The summed E-state index contributed by atoms with van der Waals surface area (Å²) in [7, 11) is 0. The molecule has 0 saturated carbocycles. The monoisotopic (exact) mass is 690 g/mol. The van der Waals surface area contributed by atoms with E-state index in [0.29, 0.717) is 0 Å². The van der Waals surface area contributed by atoms with E-state index >= 15 is 0 Å². The molecule has 1 heterocycles. The third-order valence-corrected chi connectivity index (χ3v) is 9.87. The molecule has 48 heavy (non-hydrogen) atoms. The van der Waals surface area contributed by atoms with Crippen LogP contribution in [0.25, 0.3) is 0 Å². The van der Waals surface area contributed by atoms with Gasteiger partial charge in [0.25, 0.3) is 0 Å². The molecule has 1 aliphatic heterocycles. The Morgan fingerprint density at radius 2 is 1.06 bits per heavy atom. The molecule has 1 rings (SSSR count). The predicted molar refractivity (Wildman–Crippen MR) is 190 cm³/mol. The number of aliphatic hydroxyl groups is 6. The molecular weight excluding hydrogens is 614 g/mol. The van der Waals surface area contributed by atoms with E-state index in [0.717, 1.165) is 25.7 Å². The number of hydrogen-bond donors (Lipinski definition) is 7. The molecule has 0 bridgehead atoms. The lowest BCUT2D eigenvalue weighted by Crippen LogP contribution is -2.60. The van der Waals surface area contributed by atoms with E-state index in [2.05, 4.69) is 12.2 Å². The number of aliphatic hydroxyl groups excluding tert-OH is 6. The highest BCUT2D eigenvalue weighted by atomic mass is 16.7. The second-order valence-electron chi connectivity index (χ2n) is 14.2. The molecule has 0 aromatic rings. The largest absolute Gasteiger partial charge is 0.394 e. The van der Waals surface area contributed by atoms with Crippen molar-refractivity contribution in [1.82, 2.24) is 5.32 Å². The van der Waals surface area contributed by atoms with Gasteiger partial charge in [-0.25, -0.2) is 0 Å². The topological polar surface area (TPSA) is 169 Å². The lowest BCUT2D eigenvalue weighted by atomic mass is 9.99. The third-order valence-electron chi connectivity index (χ3n) is 9.87. The number of hydrogen-bond acceptors (Lipinski definition) is 9. The molecule has 1 amide bonds. The van der Waals surface area contributed by atoms with Crippen LogP contribution in [0.4, 0.5) is 0 Å². The van der Waals surface area contributed by atoms with Crippen LogP contribution >= 0.6 is 0 Å². The summed E-state index contributed by atoms with van der Waals surface area (Å²) in [6, 6.07) is -0.982. The first-order valence-electron chi connectivity index (χ1n) is 19.8. The summed E-state index contributed by atoms with van der Waals surface area (Å²) in [4.78, 5) is 12.6. The van der Waals surface area contributed by atoms with Crippen molar-refractivity contribution < 1.29 is 44.9 Å². The SMILES string of the molecule is CCCCCCCCCCCCCCCCCCCCCCCCCC(=O)N[C@@H](CO[C@H]1O[C@H](CO)[C@H](O)[C@H](O)[C@H]1O)[C@H](O)[C@H](O)CC. The maximum absolute atomic E-state index is 12.6.